The molecule has 0 aromatic heterocycles. The second-order valence-electron chi connectivity index (χ2n) is 2.36. The van der Waals surface area contributed by atoms with Crippen LogP contribution in [0.5, 0.6) is 0 Å². The lowest BCUT2D eigenvalue weighted by molar-refractivity contribution is 1.06. The third kappa shape index (κ3) is 3.75. The maximum Gasteiger partial charge on any atom is 0.148 e. The molecule has 0 saturated heterocycles. The molecular weight excluding hydrogens is 164 g/mol. The van der Waals surface area contributed by atoms with E-state index in [1.54, 1.807) is 0 Å². The normalized spacial score (nSPS) is 13.5. The van der Waals surface area contributed by atoms with Crippen molar-refractivity contribution in [2.75, 3.05) is 0 Å². The maximum atomic E-state index is 3.42. The summed E-state index contributed by atoms with van der Waals surface area (Å²) in [5.74, 6) is 0. The Morgan fingerprint density at radius 3 is 2.25 bits per heavy atom. The van der Waals surface area contributed by atoms with Crippen LogP contribution in [0.2, 0.25) is 13.1 Å². The van der Waals surface area contributed by atoms with Crippen LogP contribution in [0.15, 0.2) is 0 Å². The molecule has 0 aliphatic rings. The van der Waals surface area contributed by atoms with Crippen molar-refractivity contribution in [1.29, 1.82) is 0 Å². The fraction of sp³-hybridized carbons (Fsp3) is 1.00. The monoisotopic (exact) mass is 180 g/mol. The summed E-state index contributed by atoms with van der Waals surface area (Å²) in [4.78, 5) is 0. The fourth-order valence-electron chi connectivity index (χ4n) is 0.432. The molecule has 2 nitrogen and oxygen atoms in total. The molecule has 50 valence electrons. The van der Waals surface area contributed by atoms with Gasteiger partial charge in [-0.3, -0.25) is 0 Å². The molecule has 0 fully saturated rings. The van der Waals surface area contributed by atoms with Gasteiger partial charge in [-0.2, -0.15) is 0 Å². The van der Waals surface area contributed by atoms with Gasteiger partial charge in [-0.05, 0) is 0 Å². The fourth-order valence-corrected chi connectivity index (χ4v) is 8.38. The third-order valence-electron chi connectivity index (χ3n) is 1.29. The Labute approximate surface area is 61.7 Å². The Bertz CT molecular complexity index is 58.0. The van der Waals surface area contributed by atoms with Crippen molar-refractivity contribution in [2.45, 2.75) is 13.1 Å². The predicted molar refractivity (Wildman–Crippen MR) is 52.3 cm³/mol. The first-order valence-electron chi connectivity index (χ1n) is 3.03. The van der Waals surface area contributed by atoms with Crippen molar-refractivity contribution in [2.24, 2.45) is 0 Å². The quantitative estimate of drug-likeness (QED) is 0.452. The first kappa shape index (κ1) is 8.79. The molecule has 0 bridgehead atoms. The summed E-state index contributed by atoms with van der Waals surface area (Å²) in [6, 6.07) is 0. The average molecular weight is 181 g/mol. The van der Waals surface area contributed by atoms with Crippen LogP contribution in [0.1, 0.15) is 0 Å². The zero-order valence-electron chi connectivity index (χ0n) is 6.23. The van der Waals surface area contributed by atoms with E-state index in [0.29, 0.717) is 0 Å². The van der Waals surface area contributed by atoms with Gasteiger partial charge >= 0.3 is 0 Å². The van der Waals surface area contributed by atoms with Gasteiger partial charge in [0, 0.05) is 0 Å². The van der Waals surface area contributed by atoms with E-state index in [-0.39, 0.29) is 18.8 Å². The van der Waals surface area contributed by atoms with E-state index in [1.807, 2.05) is 0 Å². The molecule has 0 rings (SSSR count). The van der Waals surface area contributed by atoms with Crippen LogP contribution in [-0.4, -0.2) is 43.5 Å². The molecule has 0 aromatic rings. The number of hydrogen-bond acceptors (Lipinski definition) is 2. The largest absolute Gasteiger partial charge is 0.371 e. The summed E-state index contributed by atoms with van der Waals surface area (Å²) >= 11 is 0. The van der Waals surface area contributed by atoms with Crippen molar-refractivity contribution in [3.63, 3.8) is 0 Å². The van der Waals surface area contributed by atoms with E-state index >= 15 is 0 Å². The van der Waals surface area contributed by atoms with Crippen LogP contribution in [0, 0.1) is 0 Å². The molecule has 0 saturated carbocycles. The van der Waals surface area contributed by atoms with Crippen LogP contribution in [0.4, 0.5) is 0 Å². The smallest absolute Gasteiger partial charge is 0.148 e. The van der Waals surface area contributed by atoms with Gasteiger partial charge in [0.05, 0.1) is 29.8 Å². The first-order valence-corrected chi connectivity index (χ1v) is 9.09. The number of hydrogen-bond donors (Lipinski definition) is 1. The van der Waals surface area contributed by atoms with Crippen LogP contribution in [0.25, 0.3) is 0 Å². The molecule has 0 heterocycles. The summed E-state index contributed by atoms with van der Waals surface area (Å²) in [5.41, 5.74) is 0. The summed E-state index contributed by atoms with van der Waals surface area (Å²) in [6.45, 7) is 4.80. The van der Waals surface area contributed by atoms with Gasteiger partial charge in [-0.25, -0.2) is 0 Å². The summed E-state index contributed by atoms with van der Waals surface area (Å²) < 4.78 is 6.11. The molecule has 6 heteroatoms. The van der Waals surface area contributed by atoms with Gasteiger partial charge in [0.2, 0.25) is 0 Å². The topological polar surface area (TPSA) is 15.3 Å². The average Bonchev–Trinajstić information content (AvgIpc) is 1.67. The van der Waals surface area contributed by atoms with Crippen LogP contribution < -0.4 is 4.65 Å². The Hall–Kier alpha value is 0.788. The van der Waals surface area contributed by atoms with E-state index in [9.17, 15) is 0 Å². The first-order chi connectivity index (χ1) is 3.68. The van der Waals surface area contributed by atoms with Gasteiger partial charge in [0.25, 0.3) is 0 Å². The molecule has 8 heavy (non-hydrogen) atoms. The summed E-state index contributed by atoms with van der Waals surface area (Å²) in [7, 11) is 2.20. The highest BCUT2D eigenvalue weighted by Gasteiger charge is 2.00. The SMILES string of the molecule is C[SiH](C)N([SiH3])[SiH2]N[SiH3]. The molecule has 1 N–H and O–H groups in total. The second kappa shape index (κ2) is 4.65. The van der Waals surface area contributed by atoms with Crippen LogP contribution >= 0.6 is 0 Å². The molecule has 0 radical (unpaired) electrons. The van der Waals surface area contributed by atoms with Crippen molar-refractivity contribution >= 4 is 39.6 Å². The highest BCUT2D eigenvalue weighted by Crippen LogP contribution is 1.81. The molecule has 0 amide bonds. The Morgan fingerprint density at radius 2 is 2.12 bits per heavy atom. The molecule has 0 spiro atoms. The van der Waals surface area contributed by atoms with E-state index < -0.39 is 0 Å². The molecule has 0 unspecified atom stereocenters. The maximum absolute atomic E-state index is 3.42. The summed E-state index contributed by atoms with van der Waals surface area (Å²) in [5, 5.41) is 0. The van der Waals surface area contributed by atoms with E-state index in [1.165, 1.54) is 20.8 Å². The highest BCUT2D eigenvalue weighted by atomic mass is 28.4. The van der Waals surface area contributed by atoms with Crippen LogP contribution in [0.3, 0.4) is 0 Å². The summed E-state index contributed by atoms with van der Waals surface area (Å²) in [6.07, 6.45) is 0. The van der Waals surface area contributed by atoms with Crippen molar-refractivity contribution in [3.8, 4) is 0 Å². The Balaban J connectivity index is 3.17. The third-order valence-corrected chi connectivity index (χ3v) is 11.6. The molecule has 0 aliphatic carbocycles. The van der Waals surface area contributed by atoms with E-state index in [4.69, 9.17) is 0 Å². The molecule has 0 aliphatic heterocycles. The van der Waals surface area contributed by atoms with E-state index in [2.05, 4.69) is 21.6 Å². The van der Waals surface area contributed by atoms with Crippen LogP contribution in [-0.2, 0) is 0 Å². The van der Waals surface area contributed by atoms with Gasteiger partial charge in [-0.1, -0.05) is 13.1 Å². The molecule has 0 aromatic carbocycles. The lowest BCUT2D eigenvalue weighted by atomic mass is 11.9. The van der Waals surface area contributed by atoms with Gasteiger partial charge in [0.1, 0.15) is 9.84 Å². The minimum absolute atomic E-state index is 0.0671. The number of rotatable bonds is 3. The Morgan fingerprint density at radius 1 is 1.62 bits per heavy atom. The second-order valence-corrected chi connectivity index (χ2v) is 13.8. The number of nitrogens with zero attached hydrogens (tertiary/aromatic N) is 1. The number of nitrogens with one attached hydrogen (secondary N) is 1. The zero-order chi connectivity index (χ0) is 6.57. The zero-order valence-corrected chi connectivity index (χ0v) is 12.8. The predicted octanol–water partition coefficient (Wildman–Crippen LogP) is -3.58. The van der Waals surface area contributed by atoms with Gasteiger partial charge < -0.3 is 8.54 Å². The molecule has 0 atom stereocenters. The van der Waals surface area contributed by atoms with Crippen molar-refractivity contribution in [1.82, 2.24) is 8.54 Å². The standard InChI is InChI=1S/C2H16N2Si4/c1-8(2)4(6)7-3-5/h3,8H,7H2,1-2,5-6H3. The van der Waals surface area contributed by atoms with Crippen molar-refractivity contribution < 1.29 is 0 Å². The lowest BCUT2D eigenvalue weighted by Gasteiger charge is -2.18. The molecular formula is C2H16N2Si4. The minimum Gasteiger partial charge on any atom is -0.371 e. The highest BCUT2D eigenvalue weighted by molar-refractivity contribution is 6.70. The Kier molecular flexibility index (Phi) is 5.10. The van der Waals surface area contributed by atoms with Crippen molar-refractivity contribution in [3.05, 3.63) is 0 Å². The van der Waals surface area contributed by atoms with Gasteiger partial charge in [0.15, 0.2) is 0 Å². The lowest BCUT2D eigenvalue weighted by Crippen LogP contribution is -2.42. The minimum atomic E-state index is -0.366. The van der Waals surface area contributed by atoms with E-state index in [0.717, 1.165) is 0 Å². The van der Waals surface area contributed by atoms with Gasteiger partial charge in [-0.15, -0.1) is 0 Å².